The third-order valence-electron chi connectivity index (χ3n) is 3.96. The molecule has 0 aliphatic heterocycles. The topological polar surface area (TPSA) is 75.7 Å². The molecule has 27 heavy (non-hydrogen) atoms. The van der Waals surface area contributed by atoms with Crippen LogP contribution in [0.4, 0.5) is 5.69 Å². The van der Waals surface area contributed by atoms with Crippen LogP contribution in [0, 0.1) is 13.8 Å². The Morgan fingerprint density at radius 3 is 2.19 bits per heavy atom. The molecule has 0 aromatic heterocycles. The van der Waals surface area contributed by atoms with Gasteiger partial charge in [-0.3, -0.25) is 9.10 Å². The van der Waals surface area contributed by atoms with E-state index in [2.05, 4.69) is 11.4 Å². The van der Waals surface area contributed by atoms with E-state index in [9.17, 15) is 13.2 Å². The van der Waals surface area contributed by atoms with Crippen molar-refractivity contribution in [2.75, 3.05) is 30.3 Å². The number of benzene rings is 2. The Bertz CT molecular complexity index is 872. The van der Waals surface area contributed by atoms with Crippen LogP contribution in [0.3, 0.4) is 0 Å². The fraction of sp³-hybridized carbons (Fsp3) is 0.350. The number of hydrogen-bond acceptors (Lipinski definition) is 4. The van der Waals surface area contributed by atoms with Gasteiger partial charge in [-0.1, -0.05) is 6.07 Å². The number of rotatable bonds is 8. The molecule has 0 aliphatic rings. The van der Waals surface area contributed by atoms with Gasteiger partial charge in [0, 0.05) is 12.1 Å². The Balaban J connectivity index is 1.89. The summed E-state index contributed by atoms with van der Waals surface area (Å²) >= 11 is 0. The van der Waals surface area contributed by atoms with Crippen LogP contribution in [0.2, 0.25) is 0 Å². The first-order chi connectivity index (χ1) is 12.7. The van der Waals surface area contributed by atoms with Gasteiger partial charge >= 0.3 is 0 Å². The van der Waals surface area contributed by atoms with Gasteiger partial charge in [0.15, 0.2) is 0 Å². The van der Waals surface area contributed by atoms with E-state index >= 15 is 0 Å². The lowest BCUT2D eigenvalue weighted by atomic mass is 10.1. The molecule has 0 saturated heterocycles. The molecule has 146 valence electrons. The Morgan fingerprint density at radius 1 is 1.07 bits per heavy atom. The standard InChI is InChI=1S/C20H26N2O4S/c1-5-22(27(4,24)25)18-8-6-17(7-9-18)20(23)21-10-11-26-19-13-15(2)12-16(3)14-19/h6-9,12-14H,5,10-11H2,1-4H3,(H,21,23). The summed E-state index contributed by atoms with van der Waals surface area (Å²) in [5.41, 5.74) is 3.26. The van der Waals surface area contributed by atoms with E-state index in [4.69, 9.17) is 4.74 Å². The predicted octanol–water partition coefficient (Wildman–Crippen LogP) is 2.90. The van der Waals surface area contributed by atoms with Crippen molar-refractivity contribution >= 4 is 21.6 Å². The smallest absolute Gasteiger partial charge is 0.251 e. The van der Waals surface area contributed by atoms with Crippen LogP contribution in [0.15, 0.2) is 42.5 Å². The van der Waals surface area contributed by atoms with E-state index in [0.717, 1.165) is 23.1 Å². The highest BCUT2D eigenvalue weighted by Gasteiger charge is 2.15. The second kappa shape index (κ2) is 8.90. The van der Waals surface area contributed by atoms with Gasteiger partial charge in [-0.05, 0) is 68.3 Å². The van der Waals surface area contributed by atoms with Gasteiger partial charge in [0.25, 0.3) is 5.91 Å². The van der Waals surface area contributed by atoms with E-state index < -0.39 is 10.0 Å². The molecular formula is C20H26N2O4S. The zero-order chi connectivity index (χ0) is 20.0. The van der Waals surface area contributed by atoms with Gasteiger partial charge in [0.1, 0.15) is 12.4 Å². The number of nitrogens with zero attached hydrogens (tertiary/aromatic N) is 1. The zero-order valence-corrected chi connectivity index (χ0v) is 17.0. The van der Waals surface area contributed by atoms with Crippen LogP contribution in [-0.4, -0.2) is 40.3 Å². The number of anilines is 1. The van der Waals surface area contributed by atoms with Gasteiger partial charge < -0.3 is 10.1 Å². The fourth-order valence-electron chi connectivity index (χ4n) is 2.84. The zero-order valence-electron chi connectivity index (χ0n) is 16.2. The third kappa shape index (κ3) is 5.99. The number of amides is 1. The molecule has 1 amide bonds. The first kappa shape index (κ1) is 20.8. The molecule has 0 bridgehead atoms. The van der Waals surface area contributed by atoms with Crippen molar-refractivity contribution in [3.8, 4) is 5.75 Å². The summed E-state index contributed by atoms with van der Waals surface area (Å²) < 4.78 is 30.4. The maximum absolute atomic E-state index is 12.2. The number of sulfonamides is 1. The molecule has 2 aromatic rings. The summed E-state index contributed by atoms with van der Waals surface area (Å²) in [7, 11) is -3.34. The number of carbonyl (C=O) groups is 1. The molecule has 2 rings (SSSR count). The normalized spacial score (nSPS) is 11.1. The molecule has 0 fully saturated rings. The highest BCUT2D eigenvalue weighted by molar-refractivity contribution is 7.92. The van der Waals surface area contributed by atoms with Gasteiger partial charge in [0.05, 0.1) is 18.5 Å². The Labute approximate surface area is 161 Å². The van der Waals surface area contributed by atoms with E-state index in [1.165, 1.54) is 4.31 Å². The minimum atomic E-state index is -3.34. The average molecular weight is 391 g/mol. The molecule has 0 saturated carbocycles. The number of ether oxygens (including phenoxy) is 1. The fourth-order valence-corrected chi connectivity index (χ4v) is 3.81. The number of aryl methyl sites for hydroxylation is 2. The number of carbonyl (C=O) groups excluding carboxylic acids is 1. The summed E-state index contributed by atoms with van der Waals surface area (Å²) in [6.07, 6.45) is 1.16. The molecular weight excluding hydrogens is 364 g/mol. The molecule has 0 atom stereocenters. The molecule has 0 heterocycles. The van der Waals surface area contributed by atoms with E-state index in [1.807, 2.05) is 26.0 Å². The SMILES string of the molecule is CCN(c1ccc(C(=O)NCCOc2cc(C)cc(C)c2)cc1)S(C)(=O)=O. The first-order valence-electron chi connectivity index (χ1n) is 8.77. The van der Waals surface area contributed by atoms with Gasteiger partial charge in [0.2, 0.25) is 10.0 Å². The molecule has 2 aromatic carbocycles. The van der Waals surface area contributed by atoms with E-state index in [-0.39, 0.29) is 5.91 Å². The van der Waals surface area contributed by atoms with Crippen molar-refractivity contribution in [1.82, 2.24) is 5.32 Å². The lowest BCUT2D eigenvalue weighted by Crippen LogP contribution is -2.30. The summed E-state index contributed by atoms with van der Waals surface area (Å²) in [6, 6.07) is 12.5. The second-order valence-corrected chi connectivity index (χ2v) is 8.31. The van der Waals surface area contributed by atoms with Crippen LogP contribution < -0.4 is 14.4 Å². The van der Waals surface area contributed by atoms with Gasteiger partial charge in [-0.25, -0.2) is 8.42 Å². The Hall–Kier alpha value is -2.54. The highest BCUT2D eigenvalue weighted by Crippen LogP contribution is 2.18. The molecule has 0 radical (unpaired) electrons. The third-order valence-corrected chi connectivity index (χ3v) is 5.23. The predicted molar refractivity (Wildman–Crippen MR) is 108 cm³/mol. The Morgan fingerprint density at radius 2 is 1.67 bits per heavy atom. The van der Waals surface area contributed by atoms with Gasteiger partial charge in [-0.15, -0.1) is 0 Å². The highest BCUT2D eigenvalue weighted by atomic mass is 32.2. The van der Waals surface area contributed by atoms with E-state index in [0.29, 0.717) is 30.9 Å². The molecule has 0 unspecified atom stereocenters. The number of hydrogen-bond donors (Lipinski definition) is 1. The monoisotopic (exact) mass is 390 g/mol. The second-order valence-electron chi connectivity index (χ2n) is 6.40. The quantitative estimate of drug-likeness (QED) is 0.703. The van der Waals surface area contributed by atoms with Crippen molar-refractivity contribution < 1.29 is 17.9 Å². The van der Waals surface area contributed by atoms with Crippen LogP contribution in [0.25, 0.3) is 0 Å². The van der Waals surface area contributed by atoms with Crippen LogP contribution in [0.5, 0.6) is 5.75 Å². The van der Waals surface area contributed by atoms with Crippen molar-refractivity contribution in [3.05, 3.63) is 59.2 Å². The van der Waals surface area contributed by atoms with E-state index in [1.54, 1.807) is 31.2 Å². The lowest BCUT2D eigenvalue weighted by molar-refractivity contribution is 0.0947. The van der Waals surface area contributed by atoms with Crippen molar-refractivity contribution in [3.63, 3.8) is 0 Å². The Kier molecular flexibility index (Phi) is 6.85. The molecule has 6 nitrogen and oxygen atoms in total. The lowest BCUT2D eigenvalue weighted by Gasteiger charge is -2.20. The summed E-state index contributed by atoms with van der Waals surface area (Å²) in [6.45, 7) is 6.85. The summed E-state index contributed by atoms with van der Waals surface area (Å²) in [5, 5.41) is 2.80. The van der Waals surface area contributed by atoms with Crippen molar-refractivity contribution in [2.45, 2.75) is 20.8 Å². The molecule has 0 aliphatic carbocycles. The maximum Gasteiger partial charge on any atom is 0.251 e. The number of nitrogens with one attached hydrogen (secondary N) is 1. The van der Waals surface area contributed by atoms with Crippen LogP contribution in [-0.2, 0) is 10.0 Å². The maximum atomic E-state index is 12.2. The minimum Gasteiger partial charge on any atom is -0.492 e. The molecule has 1 N–H and O–H groups in total. The van der Waals surface area contributed by atoms with Crippen LogP contribution >= 0.6 is 0 Å². The average Bonchev–Trinajstić information content (AvgIpc) is 2.57. The largest absolute Gasteiger partial charge is 0.492 e. The van der Waals surface area contributed by atoms with Gasteiger partial charge in [-0.2, -0.15) is 0 Å². The van der Waals surface area contributed by atoms with Crippen molar-refractivity contribution in [1.29, 1.82) is 0 Å². The summed E-state index contributed by atoms with van der Waals surface area (Å²) in [4.78, 5) is 12.2. The minimum absolute atomic E-state index is 0.229. The molecule has 0 spiro atoms. The van der Waals surface area contributed by atoms with Crippen molar-refractivity contribution in [2.24, 2.45) is 0 Å². The van der Waals surface area contributed by atoms with Crippen LogP contribution in [0.1, 0.15) is 28.4 Å². The summed E-state index contributed by atoms with van der Waals surface area (Å²) in [5.74, 6) is 0.555. The molecule has 7 heteroatoms. The first-order valence-corrected chi connectivity index (χ1v) is 10.6.